The molecule has 2 rings (SSSR count). The highest BCUT2D eigenvalue weighted by molar-refractivity contribution is 6.30. The van der Waals surface area contributed by atoms with Gasteiger partial charge in [0, 0.05) is 5.02 Å². The molecule has 1 amide bonds. The van der Waals surface area contributed by atoms with Crippen LogP contribution in [-0.2, 0) is 11.2 Å². The molecule has 0 aliphatic carbocycles. The number of halogens is 1. The summed E-state index contributed by atoms with van der Waals surface area (Å²) in [6, 6.07) is 16.2. The Morgan fingerprint density at radius 3 is 2.35 bits per heavy atom. The average molecular weight is 290 g/mol. The van der Waals surface area contributed by atoms with E-state index in [1.165, 1.54) is 0 Å². The molecule has 0 unspecified atom stereocenters. The zero-order valence-corrected chi connectivity index (χ0v) is 11.7. The number of carbonyl (C=O) groups excluding carboxylic acids is 1. The number of hydrogen-bond acceptors (Lipinski definition) is 2. The Morgan fingerprint density at radius 1 is 1.10 bits per heavy atom. The molecule has 20 heavy (non-hydrogen) atoms. The van der Waals surface area contributed by atoms with Gasteiger partial charge in [-0.1, -0.05) is 54.1 Å². The summed E-state index contributed by atoms with van der Waals surface area (Å²) in [6.07, 6.45) is 0.264. The van der Waals surface area contributed by atoms with E-state index in [4.69, 9.17) is 11.6 Å². The van der Waals surface area contributed by atoms with E-state index in [-0.39, 0.29) is 25.0 Å². The highest BCUT2D eigenvalue weighted by atomic mass is 35.5. The van der Waals surface area contributed by atoms with Crippen molar-refractivity contribution in [1.29, 1.82) is 0 Å². The molecule has 1 atom stereocenters. The first-order chi connectivity index (χ1) is 9.69. The Morgan fingerprint density at radius 2 is 1.75 bits per heavy atom. The normalized spacial score (nSPS) is 11.9. The summed E-state index contributed by atoms with van der Waals surface area (Å²) in [5.41, 5.74) is 1.77. The fourth-order valence-corrected chi connectivity index (χ4v) is 2.08. The Bertz CT molecular complexity index is 554. The lowest BCUT2D eigenvalue weighted by atomic mass is 10.1. The molecular weight excluding hydrogens is 274 g/mol. The molecule has 2 N–H and O–H groups in total. The smallest absolute Gasteiger partial charge is 0.224 e. The summed E-state index contributed by atoms with van der Waals surface area (Å²) in [6.45, 7) is -0.129. The molecule has 2 aromatic carbocycles. The van der Waals surface area contributed by atoms with Gasteiger partial charge in [-0.2, -0.15) is 0 Å². The highest BCUT2D eigenvalue weighted by Gasteiger charge is 2.13. The second-order valence-electron chi connectivity index (χ2n) is 4.52. The van der Waals surface area contributed by atoms with Crippen LogP contribution in [0.25, 0.3) is 0 Å². The average Bonchev–Trinajstić information content (AvgIpc) is 2.48. The second kappa shape index (κ2) is 7.08. The van der Waals surface area contributed by atoms with E-state index in [0.29, 0.717) is 5.02 Å². The summed E-state index contributed by atoms with van der Waals surface area (Å²) in [4.78, 5) is 12.0. The van der Waals surface area contributed by atoms with E-state index in [1.54, 1.807) is 12.1 Å². The van der Waals surface area contributed by atoms with Gasteiger partial charge >= 0.3 is 0 Å². The Kier molecular flexibility index (Phi) is 5.16. The molecule has 2 aromatic rings. The van der Waals surface area contributed by atoms with E-state index in [0.717, 1.165) is 11.1 Å². The van der Waals surface area contributed by atoms with Gasteiger partial charge in [-0.25, -0.2) is 0 Å². The van der Waals surface area contributed by atoms with Crippen LogP contribution < -0.4 is 5.32 Å². The number of nitrogens with one attached hydrogen (secondary N) is 1. The molecular formula is C16H16ClNO2. The van der Waals surface area contributed by atoms with Crippen LogP contribution in [0.1, 0.15) is 17.2 Å². The molecule has 4 heteroatoms. The first kappa shape index (κ1) is 14.6. The van der Waals surface area contributed by atoms with E-state index in [2.05, 4.69) is 5.32 Å². The molecule has 0 aliphatic rings. The SMILES string of the molecule is O=C(Cc1ccc(Cl)cc1)N[C@@H](CO)c1ccccc1. The fourth-order valence-electron chi connectivity index (χ4n) is 1.95. The van der Waals surface area contributed by atoms with Crippen molar-refractivity contribution in [3.05, 3.63) is 70.7 Å². The van der Waals surface area contributed by atoms with Crippen LogP contribution in [0.15, 0.2) is 54.6 Å². The van der Waals surface area contributed by atoms with Gasteiger partial charge in [-0.05, 0) is 23.3 Å². The number of aliphatic hydroxyl groups excluding tert-OH is 1. The molecule has 0 spiro atoms. The first-order valence-corrected chi connectivity index (χ1v) is 6.76. The van der Waals surface area contributed by atoms with Crippen LogP contribution in [0.2, 0.25) is 5.02 Å². The summed E-state index contributed by atoms with van der Waals surface area (Å²) in [5.74, 6) is -0.129. The number of amides is 1. The largest absolute Gasteiger partial charge is 0.394 e. The van der Waals surface area contributed by atoms with Crippen molar-refractivity contribution in [3.63, 3.8) is 0 Å². The molecule has 0 radical (unpaired) electrons. The minimum atomic E-state index is -0.379. The lowest BCUT2D eigenvalue weighted by Crippen LogP contribution is -2.31. The maximum atomic E-state index is 12.0. The van der Waals surface area contributed by atoms with Crippen molar-refractivity contribution in [2.24, 2.45) is 0 Å². The van der Waals surface area contributed by atoms with E-state index in [1.807, 2.05) is 42.5 Å². The molecule has 0 aromatic heterocycles. The summed E-state index contributed by atoms with van der Waals surface area (Å²) < 4.78 is 0. The summed E-state index contributed by atoms with van der Waals surface area (Å²) >= 11 is 5.80. The zero-order valence-electron chi connectivity index (χ0n) is 10.9. The Hall–Kier alpha value is -1.84. The molecule has 0 saturated heterocycles. The maximum absolute atomic E-state index is 12.0. The summed E-state index contributed by atoms with van der Waals surface area (Å²) in [7, 11) is 0. The first-order valence-electron chi connectivity index (χ1n) is 6.38. The van der Waals surface area contributed by atoms with E-state index < -0.39 is 0 Å². The predicted molar refractivity (Wildman–Crippen MR) is 79.6 cm³/mol. The lowest BCUT2D eigenvalue weighted by Gasteiger charge is -2.16. The molecule has 0 heterocycles. The number of hydrogen-bond donors (Lipinski definition) is 2. The van der Waals surface area contributed by atoms with Gasteiger partial charge in [0.05, 0.1) is 19.1 Å². The maximum Gasteiger partial charge on any atom is 0.224 e. The summed E-state index contributed by atoms with van der Waals surface area (Å²) in [5, 5.41) is 12.9. The van der Waals surface area contributed by atoms with E-state index >= 15 is 0 Å². The lowest BCUT2D eigenvalue weighted by molar-refractivity contribution is -0.121. The van der Waals surface area contributed by atoms with Crippen LogP contribution in [0.3, 0.4) is 0 Å². The van der Waals surface area contributed by atoms with Crippen LogP contribution in [-0.4, -0.2) is 17.6 Å². The quantitative estimate of drug-likeness (QED) is 0.889. The minimum Gasteiger partial charge on any atom is -0.394 e. The standard InChI is InChI=1S/C16H16ClNO2/c17-14-8-6-12(7-9-14)10-16(20)18-15(11-19)13-4-2-1-3-5-13/h1-9,15,19H,10-11H2,(H,18,20)/t15-/m0/s1. The number of benzene rings is 2. The van der Waals surface area contributed by atoms with Gasteiger partial charge in [0.25, 0.3) is 0 Å². The van der Waals surface area contributed by atoms with Crippen LogP contribution in [0, 0.1) is 0 Å². The third kappa shape index (κ3) is 4.08. The van der Waals surface area contributed by atoms with Gasteiger partial charge in [-0.3, -0.25) is 4.79 Å². The minimum absolute atomic E-state index is 0.129. The number of rotatable bonds is 5. The van der Waals surface area contributed by atoms with Crippen molar-refractivity contribution in [2.45, 2.75) is 12.5 Å². The molecule has 3 nitrogen and oxygen atoms in total. The fraction of sp³-hybridized carbons (Fsp3) is 0.188. The Labute approximate surface area is 123 Å². The monoisotopic (exact) mass is 289 g/mol. The topological polar surface area (TPSA) is 49.3 Å². The van der Waals surface area contributed by atoms with Gasteiger partial charge in [-0.15, -0.1) is 0 Å². The van der Waals surface area contributed by atoms with Gasteiger partial charge < -0.3 is 10.4 Å². The second-order valence-corrected chi connectivity index (χ2v) is 4.95. The molecule has 104 valence electrons. The van der Waals surface area contributed by atoms with Gasteiger partial charge in [0.2, 0.25) is 5.91 Å². The van der Waals surface area contributed by atoms with Crippen molar-refractivity contribution < 1.29 is 9.90 Å². The van der Waals surface area contributed by atoms with Crippen molar-refractivity contribution in [1.82, 2.24) is 5.32 Å². The van der Waals surface area contributed by atoms with Crippen molar-refractivity contribution in [2.75, 3.05) is 6.61 Å². The van der Waals surface area contributed by atoms with Gasteiger partial charge in [0.15, 0.2) is 0 Å². The third-order valence-corrected chi connectivity index (χ3v) is 3.25. The van der Waals surface area contributed by atoms with Crippen LogP contribution in [0.4, 0.5) is 0 Å². The third-order valence-electron chi connectivity index (χ3n) is 3.00. The van der Waals surface area contributed by atoms with Crippen LogP contribution >= 0.6 is 11.6 Å². The van der Waals surface area contributed by atoms with Gasteiger partial charge in [0.1, 0.15) is 0 Å². The highest BCUT2D eigenvalue weighted by Crippen LogP contribution is 2.13. The van der Waals surface area contributed by atoms with Crippen molar-refractivity contribution >= 4 is 17.5 Å². The molecule has 0 bridgehead atoms. The molecule has 0 saturated carbocycles. The number of carbonyl (C=O) groups is 1. The molecule has 0 fully saturated rings. The molecule has 0 aliphatic heterocycles. The zero-order chi connectivity index (χ0) is 14.4. The number of aliphatic hydroxyl groups is 1. The van der Waals surface area contributed by atoms with E-state index in [9.17, 15) is 9.90 Å². The van der Waals surface area contributed by atoms with Crippen LogP contribution in [0.5, 0.6) is 0 Å². The van der Waals surface area contributed by atoms with Crippen molar-refractivity contribution in [3.8, 4) is 0 Å². The Balaban J connectivity index is 1.97. The predicted octanol–water partition coefficient (Wildman–Crippen LogP) is 2.73.